The van der Waals surface area contributed by atoms with E-state index >= 15 is 0 Å². The van der Waals surface area contributed by atoms with Crippen LogP contribution in [-0.2, 0) is 5.60 Å². The highest BCUT2D eigenvalue weighted by molar-refractivity contribution is 5.79. The number of hydrogen-bond acceptors (Lipinski definition) is 4. The number of carbonyl (C=O) groups is 1. The van der Waals surface area contributed by atoms with Crippen molar-refractivity contribution >= 4 is 6.09 Å². The molecule has 118 valence electrons. The Balaban J connectivity index is 1.87. The van der Waals surface area contributed by atoms with Gasteiger partial charge in [0.1, 0.15) is 17.2 Å². The molecule has 0 unspecified atom stereocenters. The molecule has 0 saturated carbocycles. The van der Waals surface area contributed by atoms with Gasteiger partial charge in [-0.1, -0.05) is 6.07 Å². The van der Waals surface area contributed by atoms with Crippen LogP contribution in [-0.4, -0.2) is 41.4 Å². The summed E-state index contributed by atoms with van der Waals surface area (Å²) in [5.74, 6) is 1.38. The molecule has 1 amide bonds. The maximum absolute atomic E-state index is 11.1. The molecule has 6 heteroatoms. The Hall–Kier alpha value is -2.89. The summed E-state index contributed by atoms with van der Waals surface area (Å²) in [5.41, 5.74) is 2.02. The van der Waals surface area contributed by atoms with Crippen molar-refractivity contribution in [3.8, 4) is 28.4 Å². The second kappa shape index (κ2) is 4.55. The van der Waals surface area contributed by atoms with Gasteiger partial charge in [0.15, 0.2) is 5.60 Å². The molecule has 2 N–H and O–H groups in total. The molecular weight excluding hydrogens is 298 g/mol. The largest absolute Gasteiger partial charge is 0.508 e. The minimum absolute atomic E-state index is 0.116. The number of fused-ring (bicyclic) bond motifs is 4. The summed E-state index contributed by atoms with van der Waals surface area (Å²) in [7, 11) is 1.59. The van der Waals surface area contributed by atoms with Crippen LogP contribution in [0.2, 0.25) is 0 Å². The molecule has 1 spiro atoms. The van der Waals surface area contributed by atoms with Gasteiger partial charge in [0.05, 0.1) is 20.2 Å². The van der Waals surface area contributed by atoms with E-state index in [2.05, 4.69) is 0 Å². The smallest absolute Gasteiger partial charge is 0.407 e. The SMILES string of the molecule is COc1ccc2c(c1)C1(CN(C(=O)O)C1)Oc1cc(O)ccc1-2. The Kier molecular flexibility index (Phi) is 2.72. The molecule has 0 aliphatic carbocycles. The van der Waals surface area contributed by atoms with Crippen LogP contribution in [0.25, 0.3) is 11.1 Å². The number of aromatic hydroxyl groups is 1. The van der Waals surface area contributed by atoms with E-state index in [0.717, 1.165) is 16.7 Å². The van der Waals surface area contributed by atoms with E-state index in [9.17, 15) is 9.90 Å². The van der Waals surface area contributed by atoms with Crippen LogP contribution in [0.5, 0.6) is 17.2 Å². The first-order valence-electron chi connectivity index (χ1n) is 7.21. The van der Waals surface area contributed by atoms with E-state index in [1.807, 2.05) is 18.2 Å². The van der Waals surface area contributed by atoms with E-state index in [0.29, 0.717) is 11.5 Å². The van der Waals surface area contributed by atoms with E-state index in [4.69, 9.17) is 14.6 Å². The first-order valence-corrected chi connectivity index (χ1v) is 7.21. The fourth-order valence-electron chi connectivity index (χ4n) is 3.29. The maximum atomic E-state index is 11.1. The number of amides is 1. The predicted octanol–water partition coefficient (Wildman–Crippen LogP) is 2.65. The predicted molar refractivity (Wildman–Crippen MR) is 82.0 cm³/mol. The molecule has 4 rings (SSSR count). The van der Waals surface area contributed by atoms with Gasteiger partial charge in [-0.3, -0.25) is 4.90 Å². The zero-order valence-corrected chi connectivity index (χ0v) is 12.4. The first kappa shape index (κ1) is 13.8. The first-order chi connectivity index (χ1) is 11.0. The second-order valence-corrected chi connectivity index (χ2v) is 5.83. The number of ether oxygens (including phenoxy) is 2. The molecule has 0 aromatic heterocycles. The summed E-state index contributed by atoms with van der Waals surface area (Å²) in [5, 5.41) is 18.9. The van der Waals surface area contributed by atoms with Crippen molar-refractivity contribution in [2.45, 2.75) is 5.60 Å². The Morgan fingerprint density at radius 2 is 1.96 bits per heavy atom. The number of carboxylic acid groups (broad SMARTS) is 1. The number of phenolic OH excluding ortho intramolecular Hbond substituents is 1. The van der Waals surface area contributed by atoms with Crippen molar-refractivity contribution < 1.29 is 24.5 Å². The number of methoxy groups -OCH3 is 1. The van der Waals surface area contributed by atoms with Crippen LogP contribution in [0, 0.1) is 0 Å². The summed E-state index contributed by atoms with van der Waals surface area (Å²) in [6, 6.07) is 10.7. The number of rotatable bonds is 1. The summed E-state index contributed by atoms with van der Waals surface area (Å²) < 4.78 is 11.4. The lowest BCUT2D eigenvalue weighted by Gasteiger charge is -2.51. The fraction of sp³-hybridized carbons (Fsp3) is 0.235. The van der Waals surface area contributed by atoms with Crippen molar-refractivity contribution in [3.05, 3.63) is 42.0 Å². The van der Waals surface area contributed by atoms with Crippen molar-refractivity contribution in [1.29, 1.82) is 0 Å². The Morgan fingerprint density at radius 1 is 1.22 bits per heavy atom. The van der Waals surface area contributed by atoms with Gasteiger partial charge in [0.2, 0.25) is 0 Å². The third kappa shape index (κ3) is 1.91. The molecule has 2 aromatic rings. The van der Waals surface area contributed by atoms with E-state index in [-0.39, 0.29) is 18.8 Å². The highest BCUT2D eigenvalue weighted by Crippen LogP contribution is 2.50. The van der Waals surface area contributed by atoms with Crippen LogP contribution in [0.3, 0.4) is 0 Å². The molecule has 1 fully saturated rings. The van der Waals surface area contributed by atoms with Gasteiger partial charge in [-0.2, -0.15) is 0 Å². The van der Waals surface area contributed by atoms with E-state index in [1.54, 1.807) is 25.3 Å². The highest BCUT2D eigenvalue weighted by atomic mass is 16.5. The van der Waals surface area contributed by atoms with Crippen LogP contribution >= 0.6 is 0 Å². The second-order valence-electron chi connectivity index (χ2n) is 5.83. The van der Waals surface area contributed by atoms with Gasteiger partial charge >= 0.3 is 6.09 Å². The summed E-state index contributed by atoms with van der Waals surface area (Å²) in [4.78, 5) is 12.5. The van der Waals surface area contributed by atoms with Gasteiger partial charge in [0.25, 0.3) is 0 Å². The van der Waals surface area contributed by atoms with Crippen molar-refractivity contribution in [1.82, 2.24) is 4.90 Å². The molecule has 0 atom stereocenters. The number of benzene rings is 2. The fourth-order valence-corrected chi connectivity index (χ4v) is 3.29. The highest BCUT2D eigenvalue weighted by Gasteiger charge is 2.52. The average molecular weight is 313 g/mol. The van der Waals surface area contributed by atoms with E-state index < -0.39 is 11.7 Å². The lowest BCUT2D eigenvalue weighted by Crippen LogP contribution is -2.64. The minimum Gasteiger partial charge on any atom is -0.508 e. The average Bonchev–Trinajstić information content (AvgIpc) is 2.50. The zero-order valence-electron chi connectivity index (χ0n) is 12.4. The van der Waals surface area contributed by atoms with Gasteiger partial charge < -0.3 is 19.7 Å². The lowest BCUT2D eigenvalue weighted by atomic mass is 9.79. The van der Waals surface area contributed by atoms with Gasteiger partial charge in [-0.15, -0.1) is 0 Å². The van der Waals surface area contributed by atoms with Gasteiger partial charge in [-0.05, 0) is 29.8 Å². The molecule has 0 radical (unpaired) electrons. The van der Waals surface area contributed by atoms with Crippen molar-refractivity contribution in [3.63, 3.8) is 0 Å². The molecule has 1 saturated heterocycles. The summed E-state index contributed by atoms with van der Waals surface area (Å²) >= 11 is 0. The van der Waals surface area contributed by atoms with Gasteiger partial charge in [-0.25, -0.2) is 4.79 Å². The summed E-state index contributed by atoms with van der Waals surface area (Å²) in [6.07, 6.45) is -0.967. The summed E-state index contributed by atoms with van der Waals surface area (Å²) in [6.45, 7) is 0.495. The molecular formula is C17H15NO5. The van der Waals surface area contributed by atoms with Crippen LogP contribution in [0.4, 0.5) is 4.79 Å². The third-order valence-electron chi connectivity index (χ3n) is 4.44. The normalized spacial score (nSPS) is 16.8. The minimum atomic E-state index is -0.967. The molecule has 6 nitrogen and oxygen atoms in total. The third-order valence-corrected chi connectivity index (χ3v) is 4.44. The number of nitrogens with zero attached hydrogens (tertiary/aromatic N) is 1. The van der Waals surface area contributed by atoms with Crippen molar-refractivity contribution in [2.24, 2.45) is 0 Å². The van der Waals surface area contributed by atoms with Crippen LogP contribution < -0.4 is 9.47 Å². The Morgan fingerprint density at radius 3 is 2.65 bits per heavy atom. The molecule has 2 aromatic carbocycles. The van der Waals surface area contributed by atoms with E-state index in [1.165, 1.54) is 4.90 Å². The Bertz CT molecular complexity index is 811. The molecule has 2 heterocycles. The molecule has 2 aliphatic rings. The monoisotopic (exact) mass is 313 g/mol. The topological polar surface area (TPSA) is 79.2 Å². The number of phenols is 1. The quantitative estimate of drug-likeness (QED) is 0.846. The molecule has 0 bridgehead atoms. The number of hydrogen-bond donors (Lipinski definition) is 2. The molecule has 23 heavy (non-hydrogen) atoms. The molecule has 2 aliphatic heterocycles. The number of likely N-dealkylation sites (tertiary alicyclic amines) is 1. The zero-order chi connectivity index (χ0) is 16.2. The van der Waals surface area contributed by atoms with Crippen LogP contribution in [0.1, 0.15) is 5.56 Å². The van der Waals surface area contributed by atoms with Crippen LogP contribution in [0.15, 0.2) is 36.4 Å². The lowest BCUT2D eigenvalue weighted by molar-refractivity contribution is -0.0710. The van der Waals surface area contributed by atoms with Crippen molar-refractivity contribution in [2.75, 3.05) is 20.2 Å². The Labute approximate surface area is 132 Å². The maximum Gasteiger partial charge on any atom is 0.407 e. The van der Waals surface area contributed by atoms with Gasteiger partial charge in [0, 0.05) is 17.2 Å². The standard InChI is InChI=1S/C17H15NO5/c1-22-11-3-5-12-13-4-2-10(19)6-15(13)23-17(14(12)7-11)8-18(9-17)16(20)21/h2-7,19H,8-9H2,1H3,(H,20,21).